The molecule has 14 unspecified atom stereocenters. The molecule has 9 heterocycles. The lowest BCUT2D eigenvalue weighted by molar-refractivity contribution is -0.0628. The lowest BCUT2D eigenvalue weighted by Gasteiger charge is -2.25. The van der Waals surface area contributed by atoms with Crippen LogP contribution >= 0.6 is 15.6 Å². The molecule has 0 aliphatic carbocycles. The summed E-state index contributed by atoms with van der Waals surface area (Å²) in [6.07, 6.45) is -10.9. The molecule has 14 atom stereocenters. The summed E-state index contributed by atoms with van der Waals surface area (Å²) in [4.78, 5) is 58.2. The van der Waals surface area contributed by atoms with Crippen molar-refractivity contribution in [1.29, 1.82) is 0 Å². The van der Waals surface area contributed by atoms with Gasteiger partial charge in [0.05, 0.1) is 44.8 Å². The highest BCUT2D eigenvalue weighted by molar-refractivity contribution is 7.47. The Kier molecular flexibility index (Phi) is 11.3. The highest BCUT2D eigenvalue weighted by Crippen LogP contribution is 2.53. The number of ether oxygens (including phenoxy) is 3. The number of rotatable bonds is 14. The van der Waals surface area contributed by atoms with Gasteiger partial charge in [0, 0.05) is 0 Å². The van der Waals surface area contributed by atoms with Crippen LogP contribution in [0.5, 0.6) is 0 Å². The maximum absolute atomic E-state index is 15.5. The van der Waals surface area contributed by atoms with Crippen molar-refractivity contribution in [1.82, 2.24) is 58.6 Å². The first-order chi connectivity index (χ1) is 30.1. The molecule has 6 aromatic heterocycles. The van der Waals surface area contributed by atoms with Crippen molar-refractivity contribution in [3.05, 3.63) is 38.0 Å². The van der Waals surface area contributed by atoms with Gasteiger partial charge in [0.2, 0.25) is 0 Å². The zero-order chi connectivity index (χ0) is 44.5. The fourth-order valence-electron chi connectivity index (χ4n) is 7.40. The van der Waals surface area contributed by atoms with Crippen LogP contribution in [-0.2, 0) is 41.4 Å². The van der Waals surface area contributed by atoms with Crippen LogP contribution in [0.2, 0.25) is 0 Å². The number of aliphatic hydroxyl groups is 3. The van der Waals surface area contributed by atoms with E-state index >= 15 is 4.39 Å². The molecule has 0 bridgehead atoms. The molecule has 3 aliphatic heterocycles. The highest BCUT2D eigenvalue weighted by atomic mass is 31.2. The Bertz CT molecular complexity index is 2750. The Morgan fingerprint density at radius 3 is 1.44 bits per heavy atom. The number of anilines is 3. The van der Waals surface area contributed by atoms with Gasteiger partial charge in [-0.1, -0.05) is 0 Å². The fourth-order valence-corrected chi connectivity index (χ4v) is 9.27. The molecule has 0 radical (unpaired) electrons. The number of nitrogens with two attached hydrogens (primary N) is 4. The second-order valence-electron chi connectivity index (χ2n) is 14.3. The molecule has 63 heavy (non-hydrogen) atoms. The number of nitrogens with zero attached hydrogens (tertiary/aromatic N) is 12. The maximum atomic E-state index is 15.5. The Hall–Kier alpha value is -5.08. The number of hydrogen-bond donors (Lipinski definition) is 9. The molecule has 30 nitrogen and oxygen atoms in total. The van der Waals surface area contributed by atoms with Crippen LogP contribution in [0.4, 0.5) is 21.8 Å². The molecule has 0 spiro atoms. The van der Waals surface area contributed by atoms with Crippen molar-refractivity contribution < 1.29 is 70.9 Å². The van der Waals surface area contributed by atoms with E-state index in [4.69, 9.17) is 55.2 Å². The fraction of sp³-hybridized carbons (Fsp3) is 0.500. The molecule has 9 rings (SSSR count). The zero-order valence-corrected chi connectivity index (χ0v) is 33.7. The third-order valence-electron chi connectivity index (χ3n) is 10.5. The van der Waals surface area contributed by atoms with Gasteiger partial charge >= 0.3 is 15.6 Å². The molecule has 6 aromatic rings. The van der Waals surface area contributed by atoms with E-state index in [0.717, 1.165) is 25.3 Å². The minimum atomic E-state index is -5.31. The number of fused-ring (bicyclic) bond motifs is 3. The Morgan fingerprint density at radius 1 is 0.619 bits per heavy atom. The first-order valence-corrected chi connectivity index (χ1v) is 21.5. The minimum Gasteiger partial charge on any atom is -0.394 e. The van der Waals surface area contributed by atoms with Crippen molar-refractivity contribution in [2.24, 2.45) is 5.73 Å². The summed E-state index contributed by atoms with van der Waals surface area (Å²) in [7, 11) is -10.6. The highest BCUT2D eigenvalue weighted by Gasteiger charge is 2.53. The van der Waals surface area contributed by atoms with E-state index in [1.54, 1.807) is 0 Å². The molecule has 33 heteroatoms. The van der Waals surface area contributed by atoms with E-state index in [-0.39, 0.29) is 50.9 Å². The molecule has 13 N–H and O–H groups in total. The smallest absolute Gasteiger partial charge is 0.394 e. The average Bonchev–Trinajstić information content (AvgIpc) is 4.11. The van der Waals surface area contributed by atoms with Gasteiger partial charge in [0.15, 0.2) is 53.1 Å². The first-order valence-electron chi connectivity index (χ1n) is 18.5. The van der Waals surface area contributed by atoms with Gasteiger partial charge in [0.1, 0.15) is 84.4 Å². The second-order valence-corrected chi connectivity index (χ2v) is 17.1. The lowest BCUT2D eigenvalue weighted by Crippen LogP contribution is -2.37. The van der Waals surface area contributed by atoms with Crippen LogP contribution in [0.25, 0.3) is 33.5 Å². The molecular weight excluding hydrogens is 889 g/mol. The van der Waals surface area contributed by atoms with Crippen molar-refractivity contribution >= 4 is 66.6 Å². The number of imidazole rings is 3. The Balaban J connectivity index is 0.913. The number of aliphatic hydroxyl groups excluding tert-OH is 3. The summed E-state index contributed by atoms with van der Waals surface area (Å²) < 4.78 is 85.0. The quantitative estimate of drug-likeness (QED) is 0.0503. The molecule has 0 amide bonds. The normalized spacial score (nSPS) is 31.9. The first kappa shape index (κ1) is 43.2. The lowest BCUT2D eigenvalue weighted by atomic mass is 10.1. The summed E-state index contributed by atoms with van der Waals surface area (Å²) in [5, 5.41) is 32.3. The minimum absolute atomic E-state index is 0.00140. The molecule has 3 fully saturated rings. The molecule has 3 saturated heterocycles. The van der Waals surface area contributed by atoms with Gasteiger partial charge in [-0.15, -0.1) is 0 Å². The second kappa shape index (κ2) is 16.5. The predicted molar refractivity (Wildman–Crippen MR) is 204 cm³/mol. The van der Waals surface area contributed by atoms with Crippen molar-refractivity contribution in [3.8, 4) is 0 Å². The summed E-state index contributed by atoms with van der Waals surface area (Å²) >= 11 is 0. The summed E-state index contributed by atoms with van der Waals surface area (Å²) in [6.45, 7) is -2.58. The van der Waals surface area contributed by atoms with Crippen LogP contribution in [-0.4, -0.2) is 158 Å². The maximum Gasteiger partial charge on any atom is 0.472 e. The number of hydrogen-bond acceptors (Lipinski definition) is 25. The van der Waals surface area contributed by atoms with Crippen LogP contribution in [0.15, 0.2) is 38.0 Å². The third kappa shape index (κ3) is 7.85. The van der Waals surface area contributed by atoms with E-state index < -0.39 is 109 Å². The summed E-state index contributed by atoms with van der Waals surface area (Å²) in [5.41, 5.74) is 24.5. The molecule has 338 valence electrons. The van der Waals surface area contributed by atoms with E-state index in [1.807, 2.05) is 0 Å². The third-order valence-corrected chi connectivity index (χ3v) is 12.4. The van der Waals surface area contributed by atoms with E-state index in [2.05, 4.69) is 44.9 Å². The Labute approximate surface area is 350 Å². The van der Waals surface area contributed by atoms with Gasteiger partial charge in [-0.25, -0.2) is 58.4 Å². The van der Waals surface area contributed by atoms with Crippen molar-refractivity contribution in [2.45, 2.75) is 73.6 Å². The topological polar surface area (TPSA) is 435 Å². The molecular formula is C30H37FN16O14P2. The summed E-state index contributed by atoms with van der Waals surface area (Å²) in [6, 6.07) is -1.33. The van der Waals surface area contributed by atoms with E-state index in [0.29, 0.717) is 0 Å². The van der Waals surface area contributed by atoms with Gasteiger partial charge in [-0.3, -0.25) is 31.8 Å². The summed E-state index contributed by atoms with van der Waals surface area (Å²) in [5.74, 6) is -0.00474. The predicted octanol–water partition coefficient (Wildman–Crippen LogP) is -2.67. The number of nitrogen functional groups attached to an aromatic ring is 3. The number of phosphoric acid groups is 2. The molecule has 0 saturated carbocycles. The average molecular weight is 927 g/mol. The number of halogens is 1. The SMILES string of the molecule is Nc1ncnc2c1ncn2C1OC(COP(=O)(O)OC2C(O)C(COP(=O)(O)OC3C(O)C(CO)OC3n3cnc4c(N)ncnc43)OC2n2cnc3c(N)ncnc32)C(F)C1N. The molecule has 0 aromatic carbocycles. The van der Waals surface area contributed by atoms with Crippen LogP contribution in [0, 0.1) is 0 Å². The van der Waals surface area contributed by atoms with Gasteiger partial charge in [-0.2, -0.15) is 0 Å². The largest absolute Gasteiger partial charge is 0.472 e. The number of aromatic nitrogens is 12. The van der Waals surface area contributed by atoms with E-state index in [9.17, 15) is 34.2 Å². The van der Waals surface area contributed by atoms with Crippen LogP contribution in [0.1, 0.15) is 18.7 Å². The van der Waals surface area contributed by atoms with Gasteiger partial charge in [0.25, 0.3) is 0 Å². The van der Waals surface area contributed by atoms with Gasteiger partial charge < -0.3 is 62.3 Å². The molecule has 3 aliphatic rings. The van der Waals surface area contributed by atoms with Crippen LogP contribution < -0.4 is 22.9 Å². The zero-order valence-electron chi connectivity index (χ0n) is 31.9. The van der Waals surface area contributed by atoms with Crippen molar-refractivity contribution in [2.75, 3.05) is 37.0 Å². The standard InChI is InChI=1S/C30H37FN16O14P2/c31-13-11(58-28(14(13)32)45-7-42-15-22(33)36-4-39-25(15)45)2-55-62(51,52)61-21-19(50)12(59-30(21)47-9-44-17-24(35)38-6-41-27(17)47)3-56-63(53,54)60-20-18(49)10(1-48)57-29(20)46-8-43-16-23(34)37-5-40-26(16)46/h4-14,18-21,28-30,48-50H,1-3,32H2,(H,51,52)(H,53,54)(H2,33,36,39)(H2,34,37,40)(H2,35,38,41). The monoisotopic (exact) mass is 926 g/mol. The number of phosphoric ester groups is 2. The number of alkyl halides is 1. The van der Waals surface area contributed by atoms with E-state index in [1.165, 1.54) is 26.4 Å². The Morgan fingerprint density at radius 2 is 1.00 bits per heavy atom. The van der Waals surface area contributed by atoms with Gasteiger partial charge in [-0.05, 0) is 0 Å². The van der Waals surface area contributed by atoms with Crippen LogP contribution in [0.3, 0.4) is 0 Å². The van der Waals surface area contributed by atoms with Crippen molar-refractivity contribution in [3.63, 3.8) is 0 Å².